The monoisotopic (exact) mass is 246 g/mol. The van der Waals surface area contributed by atoms with Gasteiger partial charge in [-0.05, 0) is 25.6 Å². The second kappa shape index (κ2) is 6.63. The fourth-order valence-electron chi connectivity index (χ4n) is 1.44. The zero-order valence-corrected chi connectivity index (χ0v) is 12.9. The summed E-state index contributed by atoms with van der Waals surface area (Å²) in [4.78, 5) is 0. The first-order valence-electron chi connectivity index (χ1n) is 5.80. The van der Waals surface area contributed by atoms with Crippen LogP contribution in [0.5, 0.6) is 0 Å². The molecule has 0 rings (SSSR count). The number of hydrogen-bond donors (Lipinski definition) is 0. The van der Waals surface area contributed by atoms with E-state index in [1.165, 1.54) is 6.04 Å². The molecule has 2 nitrogen and oxygen atoms in total. The molecular weight excluding hydrogens is 220 g/mol. The van der Waals surface area contributed by atoms with E-state index < -0.39 is 16.6 Å². The van der Waals surface area contributed by atoms with Crippen LogP contribution in [0, 0.1) is 0 Å². The first-order chi connectivity index (χ1) is 6.89. The van der Waals surface area contributed by atoms with Gasteiger partial charge in [-0.1, -0.05) is 25.7 Å². The minimum absolute atomic E-state index is 0.726. The Morgan fingerprint density at radius 2 is 1.47 bits per heavy atom. The Balaban J connectivity index is 4.40. The molecule has 0 aromatic heterocycles. The van der Waals surface area contributed by atoms with Crippen LogP contribution in [0.4, 0.5) is 0 Å². The van der Waals surface area contributed by atoms with Gasteiger partial charge in [-0.3, -0.25) is 0 Å². The quantitative estimate of drug-likeness (QED) is 0.610. The van der Waals surface area contributed by atoms with Crippen LogP contribution in [0.15, 0.2) is 12.3 Å². The average Bonchev–Trinajstić information content (AvgIpc) is 2.14. The maximum absolute atomic E-state index is 5.84. The van der Waals surface area contributed by atoms with Gasteiger partial charge >= 0.3 is 8.56 Å². The molecule has 0 saturated carbocycles. The maximum atomic E-state index is 5.84. The van der Waals surface area contributed by atoms with Gasteiger partial charge in [0, 0.05) is 21.3 Å². The van der Waals surface area contributed by atoms with Crippen molar-refractivity contribution in [3.63, 3.8) is 0 Å². The van der Waals surface area contributed by atoms with Crippen LogP contribution in [0.3, 0.4) is 0 Å². The molecule has 0 aromatic rings. The van der Waals surface area contributed by atoms with E-state index in [4.69, 9.17) is 8.85 Å². The Morgan fingerprint density at radius 1 is 1.00 bits per heavy atom. The first-order valence-corrected chi connectivity index (χ1v) is 11.6. The molecule has 0 unspecified atom stereocenters. The van der Waals surface area contributed by atoms with Gasteiger partial charge in [0.2, 0.25) is 0 Å². The van der Waals surface area contributed by atoms with Gasteiger partial charge in [0.15, 0.2) is 0 Å². The lowest BCUT2D eigenvalue weighted by Crippen LogP contribution is -2.42. The van der Waals surface area contributed by atoms with E-state index in [0.29, 0.717) is 0 Å². The molecule has 0 heterocycles. The Morgan fingerprint density at radius 3 is 1.73 bits per heavy atom. The van der Waals surface area contributed by atoms with E-state index >= 15 is 0 Å². The molecule has 0 amide bonds. The van der Waals surface area contributed by atoms with Crippen LogP contribution < -0.4 is 0 Å². The van der Waals surface area contributed by atoms with E-state index in [0.717, 1.165) is 19.3 Å². The third-order valence-electron chi connectivity index (χ3n) is 2.31. The molecule has 0 radical (unpaired) electrons. The lowest BCUT2D eigenvalue weighted by Gasteiger charge is -2.29. The zero-order chi connectivity index (χ0) is 11.9. The van der Waals surface area contributed by atoms with Crippen LogP contribution in [0.1, 0.15) is 13.8 Å². The molecule has 0 aromatic carbocycles. The smallest absolute Gasteiger partial charge is 0.364 e. The molecule has 0 fully saturated rings. The average molecular weight is 246 g/mol. The lowest BCUT2D eigenvalue weighted by molar-refractivity contribution is 0.195. The third-order valence-corrected chi connectivity index (χ3v) is 7.69. The van der Waals surface area contributed by atoms with E-state index in [1.807, 2.05) is 19.5 Å². The molecule has 0 bridgehead atoms. The lowest BCUT2D eigenvalue weighted by atomic mass is 10.9. The SMILES string of the molecule is C=C[Si](CC[Si](C)(C)C)(OCC)OCC. The maximum Gasteiger partial charge on any atom is 0.364 e. The highest BCUT2D eigenvalue weighted by Crippen LogP contribution is 2.23. The molecule has 0 N–H and O–H groups in total. The highest BCUT2D eigenvalue weighted by Gasteiger charge is 2.34. The standard InChI is InChI=1S/C11H26O2Si2/c1-7-12-15(9-3,13-8-2)11-10-14(4,5)6/h9H,3,7-8,10-11H2,1-2,4-6H3. The summed E-state index contributed by atoms with van der Waals surface area (Å²) in [5.41, 5.74) is 1.94. The Kier molecular flexibility index (Phi) is 6.67. The van der Waals surface area contributed by atoms with Crippen molar-refractivity contribution in [3.8, 4) is 0 Å². The van der Waals surface area contributed by atoms with Crippen molar-refractivity contribution in [1.29, 1.82) is 0 Å². The van der Waals surface area contributed by atoms with Gasteiger partial charge in [-0.25, -0.2) is 0 Å². The summed E-state index contributed by atoms with van der Waals surface area (Å²) in [6, 6.07) is 2.32. The minimum Gasteiger partial charge on any atom is -0.392 e. The van der Waals surface area contributed by atoms with Crippen molar-refractivity contribution in [2.24, 2.45) is 0 Å². The number of hydrogen-bond acceptors (Lipinski definition) is 2. The molecule has 0 aliphatic carbocycles. The Labute approximate surface area is 96.9 Å². The molecule has 0 aliphatic rings. The van der Waals surface area contributed by atoms with Crippen molar-refractivity contribution in [2.45, 2.75) is 45.6 Å². The summed E-state index contributed by atoms with van der Waals surface area (Å²) in [5, 5.41) is 0. The van der Waals surface area contributed by atoms with Crippen molar-refractivity contribution in [3.05, 3.63) is 12.3 Å². The topological polar surface area (TPSA) is 18.5 Å². The van der Waals surface area contributed by atoms with Crippen LogP contribution >= 0.6 is 0 Å². The van der Waals surface area contributed by atoms with Crippen molar-refractivity contribution < 1.29 is 8.85 Å². The minimum atomic E-state index is -2.08. The largest absolute Gasteiger partial charge is 0.392 e. The summed E-state index contributed by atoms with van der Waals surface area (Å²) < 4.78 is 11.7. The van der Waals surface area contributed by atoms with Crippen LogP contribution in [-0.2, 0) is 8.85 Å². The van der Waals surface area contributed by atoms with Gasteiger partial charge in [-0.2, -0.15) is 0 Å². The Hall–Kier alpha value is 0.0938. The summed E-state index contributed by atoms with van der Waals surface area (Å²) in [6.45, 7) is 16.5. The fraction of sp³-hybridized carbons (Fsp3) is 0.818. The zero-order valence-electron chi connectivity index (χ0n) is 10.9. The second-order valence-electron chi connectivity index (χ2n) is 4.94. The summed E-state index contributed by atoms with van der Waals surface area (Å²) in [6.07, 6.45) is 0. The van der Waals surface area contributed by atoms with Gasteiger partial charge in [0.25, 0.3) is 0 Å². The fourth-order valence-corrected chi connectivity index (χ4v) is 7.63. The molecule has 0 spiro atoms. The van der Waals surface area contributed by atoms with Gasteiger partial charge in [-0.15, -0.1) is 6.58 Å². The highest BCUT2D eigenvalue weighted by molar-refractivity contribution is 6.79. The van der Waals surface area contributed by atoms with E-state index in [2.05, 4.69) is 26.2 Å². The molecular formula is C11H26O2Si2. The predicted octanol–water partition coefficient (Wildman–Crippen LogP) is 3.57. The third kappa shape index (κ3) is 6.30. The second-order valence-corrected chi connectivity index (χ2v) is 13.7. The van der Waals surface area contributed by atoms with Gasteiger partial charge in [0.1, 0.15) is 0 Å². The van der Waals surface area contributed by atoms with Crippen LogP contribution in [0.2, 0.25) is 31.7 Å². The molecule has 90 valence electrons. The first kappa shape index (κ1) is 15.1. The van der Waals surface area contributed by atoms with E-state index in [1.54, 1.807) is 0 Å². The predicted molar refractivity (Wildman–Crippen MR) is 72.2 cm³/mol. The van der Waals surface area contributed by atoms with E-state index in [-0.39, 0.29) is 0 Å². The summed E-state index contributed by atoms with van der Waals surface area (Å²) >= 11 is 0. The summed E-state index contributed by atoms with van der Waals surface area (Å²) in [7, 11) is -3.10. The Bertz CT molecular complexity index is 182. The highest BCUT2D eigenvalue weighted by atomic mass is 28.4. The van der Waals surface area contributed by atoms with Gasteiger partial charge in [0.05, 0.1) is 0 Å². The molecule has 0 atom stereocenters. The van der Waals surface area contributed by atoms with Crippen LogP contribution in [0.25, 0.3) is 0 Å². The van der Waals surface area contributed by atoms with Crippen molar-refractivity contribution in [2.75, 3.05) is 13.2 Å². The van der Waals surface area contributed by atoms with Crippen molar-refractivity contribution >= 4 is 16.6 Å². The van der Waals surface area contributed by atoms with Gasteiger partial charge < -0.3 is 8.85 Å². The molecule has 0 aliphatic heterocycles. The van der Waals surface area contributed by atoms with E-state index in [9.17, 15) is 0 Å². The van der Waals surface area contributed by atoms with Crippen LogP contribution in [-0.4, -0.2) is 29.8 Å². The molecule has 15 heavy (non-hydrogen) atoms. The molecule has 4 heteroatoms. The molecule has 0 saturated heterocycles. The normalized spacial score (nSPS) is 12.9. The van der Waals surface area contributed by atoms with Crippen molar-refractivity contribution in [1.82, 2.24) is 0 Å². The number of rotatable bonds is 8. The summed E-state index contributed by atoms with van der Waals surface area (Å²) in [5.74, 6) is 0.